The lowest BCUT2D eigenvalue weighted by Gasteiger charge is -2.05. The Morgan fingerprint density at radius 3 is 1.71 bits per heavy atom. The van der Waals surface area contributed by atoms with E-state index in [9.17, 15) is 4.79 Å². The smallest absolute Gasteiger partial charge is 0.305 e. The van der Waals surface area contributed by atoms with Crippen molar-refractivity contribution in [3.05, 3.63) is 0 Å². The molecule has 0 bridgehead atoms. The fraction of sp³-hybridized carbons (Fsp3) is 0.944. The van der Waals surface area contributed by atoms with Crippen LogP contribution < -0.4 is 5.73 Å². The van der Waals surface area contributed by atoms with Crippen molar-refractivity contribution in [2.75, 3.05) is 13.2 Å². The predicted octanol–water partition coefficient (Wildman–Crippen LogP) is 4.97. The summed E-state index contributed by atoms with van der Waals surface area (Å²) >= 11 is 0. The molecule has 0 aromatic rings. The number of carbonyl (C=O) groups is 1. The maximum Gasteiger partial charge on any atom is 0.305 e. The van der Waals surface area contributed by atoms with Crippen molar-refractivity contribution < 1.29 is 9.53 Å². The van der Waals surface area contributed by atoms with Crippen molar-refractivity contribution in [3.8, 4) is 0 Å². The number of rotatable bonds is 16. The van der Waals surface area contributed by atoms with E-state index in [-0.39, 0.29) is 5.97 Å². The Hall–Kier alpha value is -0.570. The molecule has 0 atom stereocenters. The molecule has 0 unspecified atom stereocenters. The molecule has 126 valence electrons. The van der Waals surface area contributed by atoms with Gasteiger partial charge < -0.3 is 10.5 Å². The van der Waals surface area contributed by atoms with E-state index in [1.165, 1.54) is 70.6 Å². The first-order valence-corrected chi connectivity index (χ1v) is 9.17. The Balaban J connectivity index is 3.04. The molecule has 0 aromatic heterocycles. The second kappa shape index (κ2) is 17.5. The van der Waals surface area contributed by atoms with Crippen LogP contribution in [0.1, 0.15) is 96.8 Å². The van der Waals surface area contributed by atoms with Gasteiger partial charge in [-0.1, -0.05) is 77.6 Å². The van der Waals surface area contributed by atoms with Gasteiger partial charge in [-0.2, -0.15) is 0 Å². The number of carbonyl (C=O) groups excluding carboxylic acids is 1. The lowest BCUT2D eigenvalue weighted by Crippen LogP contribution is -2.08. The standard InChI is InChI=1S/C18H37NO2/c1-2-3-4-5-6-7-8-9-10-11-12-13-17-21-18(20)15-14-16-19/h2-17,19H2,1H3. The van der Waals surface area contributed by atoms with E-state index in [4.69, 9.17) is 10.5 Å². The van der Waals surface area contributed by atoms with E-state index in [2.05, 4.69) is 6.92 Å². The van der Waals surface area contributed by atoms with E-state index >= 15 is 0 Å². The van der Waals surface area contributed by atoms with Crippen LogP contribution in [0, 0.1) is 0 Å². The van der Waals surface area contributed by atoms with Gasteiger partial charge in [0.25, 0.3) is 0 Å². The van der Waals surface area contributed by atoms with Crippen molar-refractivity contribution in [3.63, 3.8) is 0 Å². The molecule has 0 radical (unpaired) electrons. The van der Waals surface area contributed by atoms with Crippen molar-refractivity contribution in [1.29, 1.82) is 0 Å². The highest BCUT2D eigenvalue weighted by atomic mass is 16.5. The Morgan fingerprint density at radius 1 is 0.762 bits per heavy atom. The van der Waals surface area contributed by atoms with Gasteiger partial charge in [-0.15, -0.1) is 0 Å². The lowest BCUT2D eigenvalue weighted by molar-refractivity contribution is -0.143. The van der Waals surface area contributed by atoms with Gasteiger partial charge in [0.15, 0.2) is 0 Å². The maximum atomic E-state index is 11.2. The average molecular weight is 299 g/mol. The normalized spacial score (nSPS) is 10.8. The predicted molar refractivity (Wildman–Crippen MR) is 90.3 cm³/mol. The molecule has 0 saturated heterocycles. The summed E-state index contributed by atoms with van der Waals surface area (Å²) in [5, 5.41) is 0. The first-order valence-electron chi connectivity index (χ1n) is 9.17. The summed E-state index contributed by atoms with van der Waals surface area (Å²) in [7, 11) is 0. The lowest BCUT2D eigenvalue weighted by atomic mass is 10.1. The van der Waals surface area contributed by atoms with E-state index in [1.807, 2.05) is 0 Å². The Morgan fingerprint density at radius 2 is 1.24 bits per heavy atom. The molecular weight excluding hydrogens is 262 g/mol. The second-order valence-electron chi connectivity index (χ2n) is 6.00. The van der Waals surface area contributed by atoms with E-state index in [0.717, 1.165) is 12.8 Å². The Labute approximate surface area is 132 Å². The van der Waals surface area contributed by atoms with Crippen molar-refractivity contribution in [2.45, 2.75) is 96.8 Å². The van der Waals surface area contributed by atoms with Crippen LogP contribution in [0.15, 0.2) is 0 Å². The van der Waals surface area contributed by atoms with Crippen LogP contribution in [-0.2, 0) is 9.53 Å². The van der Waals surface area contributed by atoms with Gasteiger partial charge in [-0.25, -0.2) is 0 Å². The van der Waals surface area contributed by atoms with Gasteiger partial charge in [0, 0.05) is 6.42 Å². The molecule has 0 fully saturated rings. The molecule has 2 N–H and O–H groups in total. The quantitative estimate of drug-likeness (QED) is 0.323. The van der Waals surface area contributed by atoms with E-state index < -0.39 is 0 Å². The molecule has 0 heterocycles. The molecule has 0 aliphatic rings. The molecule has 0 rings (SSSR count). The van der Waals surface area contributed by atoms with Crippen LogP contribution in [-0.4, -0.2) is 19.1 Å². The molecule has 0 amide bonds. The SMILES string of the molecule is CCCCCCCCCCCCCCOC(=O)CCCN. The number of hydrogen-bond donors (Lipinski definition) is 1. The van der Waals surface area contributed by atoms with Crippen LogP contribution in [0.2, 0.25) is 0 Å². The Kier molecular flexibility index (Phi) is 17.0. The highest BCUT2D eigenvalue weighted by Crippen LogP contribution is 2.11. The molecule has 0 aliphatic heterocycles. The minimum atomic E-state index is -0.0940. The van der Waals surface area contributed by atoms with Crippen molar-refractivity contribution in [2.24, 2.45) is 5.73 Å². The zero-order valence-electron chi connectivity index (χ0n) is 14.2. The maximum absolute atomic E-state index is 11.2. The first kappa shape index (κ1) is 20.4. The van der Waals surface area contributed by atoms with Gasteiger partial charge in [-0.05, 0) is 19.4 Å². The summed E-state index contributed by atoms with van der Waals surface area (Å²) in [5.74, 6) is -0.0940. The van der Waals surface area contributed by atoms with Gasteiger partial charge >= 0.3 is 5.97 Å². The van der Waals surface area contributed by atoms with Crippen LogP contribution in [0.4, 0.5) is 0 Å². The zero-order chi connectivity index (χ0) is 15.6. The summed E-state index contributed by atoms with van der Waals surface area (Å²) in [5.41, 5.74) is 5.34. The number of ether oxygens (including phenoxy) is 1. The summed E-state index contributed by atoms with van der Waals surface area (Å²) < 4.78 is 5.14. The van der Waals surface area contributed by atoms with Crippen molar-refractivity contribution >= 4 is 5.97 Å². The topological polar surface area (TPSA) is 52.3 Å². The van der Waals surface area contributed by atoms with Gasteiger partial charge in [-0.3, -0.25) is 4.79 Å². The van der Waals surface area contributed by atoms with Crippen LogP contribution >= 0.6 is 0 Å². The molecule has 0 spiro atoms. The van der Waals surface area contributed by atoms with E-state index in [1.54, 1.807) is 0 Å². The minimum Gasteiger partial charge on any atom is -0.466 e. The molecule has 3 heteroatoms. The largest absolute Gasteiger partial charge is 0.466 e. The van der Waals surface area contributed by atoms with E-state index in [0.29, 0.717) is 19.6 Å². The molecular formula is C18H37NO2. The number of nitrogens with two attached hydrogens (primary N) is 1. The molecule has 0 aliphatic carbocycles. The third-order valence-electron chi connectivity index (χ3n) is 3.85. The van der Waals surface area contributed by atoms with Crippen LogP contribution in [0.5, 0.6) is 0 Å². The van der Waals surface area contributed by atoms with Crippen LogP contribution in [0.25, 0.3) is 0 Å². The first-order chi connectivity index (χ1) is 10.3. The minimum absolute atomic E-state index is 0.0940. The molecule has 0 aromatic carbocycles. The fourth-order valence-corrected chi connectivity index (χ4v) is 2.45. The molecule has 3 nitrogen and oxygen atoms in total. The fourth-order valence-electron chi connectivity index (χ4n) is 2.45. The highest BCUT2D eigenvalue weighted by molar-refractivity contribution is 5.69. The Bertz CT molecular complexity index is 219. The van der Waals surface area contributed by atoms with Crippen molar-refractivity contribution in [1.82, 2.24) is 0 Å². The van der Waals surface area contributed by atoms with Gasteiger partial charge in [0.2, 0.25) is 0 Å². The summed E-state index contributed by atoms with van der Waals surface area (Å²) in [4.78, 5) is 11.2. The van der Waals surface area contributed by atoms with Gasteiger partial charge in [0.05, 0.1) is 6.61 Å². The molecule has 0 saturated carbocycles. The highest BCUT2D eigenvalue weighted by Gasteiger charge is 2.00. The zero-order valence-corrected chi connectivity index (χ0v) is 14.2. The number of esters is 1. The number of hydrogen-bond acceptors (Lipinski definition) is 3. The second-order valence-corrected chi connectivity index (χ2v) is 6.00. The van der Waals surface area contributed by atoms with Crippen LogP contribution in [0.3, 0.4) is 0 Å². The number of unbranched alkanes of at least 4 members (excludes halogenated alkanes) is 11. The summed E-state index contributed by atoms with van der Waals surface area (Å²) in [6.07, 6.45) is 17.1. The third kappa shape index (κ3) is 17.4. The molecule has 21 heavy (non-hydrogen) atoms. The van der Waals surface area contributed by atoms with Gasteiger partial charge in [0.1, 0.15) is 0 Å². The average Bonchev–Trinajstić information content (AvgIpc) is 2.49. The summed E-state index contributed by atoms with van der Waals surface area (Å²) in [6.45, 7) is 3.41. The monoisotopic (exact) mass is 299 g/mol. The third-order valence-corrected chi connectivity index (χ3v) is 3.85. The summed E-state index contributed by atoms with van der Waals surface area (Å²) in [6, 6.07) is 0.